The average Bonchev–Trinajstić information content (AvgIpc) is 3.42. The van der Waals surface area contributed by atoms with Crippen LogP contribution in [0.4, 0.5) is 0 Å². The maximum atomic E-state index is 10.7. The van der Waals surface area contributed by atoms with Crippen molar-refractivity contribution >= 4 is 98.0 Å². The number of carboxylic acid groups (broad SMARTS) is 4. The minimum absolute atomic E-state index is 0. The van der Waals surface area contributed by atoms with Crippen LogP contribution in [-0.2, 0) is 61.3 Å². The molecule has 0 spiro atoms. The molecule has 0 aliphatic carbocycles. The largest absolute Gasteiger partial charge is 2.00 e. The van der Waals surface area contributed by atoms with Gasteiger partial charge in [-0.25, -0.2) is 0 Å². The van der Waals surface area contributed by atoms with E-state index in [1.54, 1.807) is 0 Å². The van der Waals surface area contributed by atoms with Crippen LogP contribution in [0.3, 0.4) is 0 Å². The zero-order valence-corrected chi connectivity index (χ0v) is 48.2. The Morgan fingerprint density at radius 2 is 0.338 bits per heavy atom. The summed E-state index contributed by atoms with van der Waals surface area (Å²) in [4.78, 5) is 42.7. The zero-order valence-electron chi connectivity index (χ0n) is 40.6. The van der Waals surface area contributed by atoms with Crippen molar-refractivity contribution in [3.05, 3.63) is 243 Å². The number of hydrogen-bond acceptors (Lipinski definition) is 8. The first-order valence-corrected chi connectivity index (χ1v) is 29.5. The molecule has 0 aliphatic heterocycles. The van der Waals surface area contributed by atoms with E-state index in [1.807, 2.05) is 146 Å². The van der Waals surface area contributed by atoms with E-state index in [0.717, 1.165) is 0 Å². The molecule has 8 nitrogen and oxygen atoms in total. The Morgan fingerprint density at radius 3 is 0.432 bits per heavy atom. The predicted octanol–water partition coefficient (Wildman–Crippen LogP) is 5.03. The summed E-state index contributed by atoms with van der Waals surface area (Å²) in [5, 5.41) is 52.3. The van der Waals surface area contributed by atoms with Crippen LogP contribution >= 0.6 is 31.7 Å². The maximum Gasteiger partial charge on any atom is 2.00 e. The Labute approximate surface area is 469 Å². The summed E-state index contributed by atoms with van der Waals surface area (Å²) in [6.07, 6.45) is 2.95. The smallest absolute Gasteiger partial charge is 0.550 e. The molecule has 8 aromatic carbocycles. The first kappa shape index (κ1) is 63.0. The van der Waals surface area contributed by atoms with Gasteiger partial charge in [0.1, 0.15) is 0 Å². The molecule has 0 saturated carbocycles. The van der Waals surface area contributed by atoms with Crippen LogP contribution in [0, 0.1) is 0 Å². The van der Waals surface area contributed by atoms with Crippen molar-refractivity contribution in [2.45, 2.75) is 25.7 Å². The van der Waals surface area contributed by atoms with Gasteiger partial charge in [-0.1, -0.05) is 243 Å². The normalized spacial score (nSPS) is 10.2. The van der Waals surface area contributed by atoms with Crippen LogP contribution in [0.15, 0.2) is 243 Å². The summed E-state index contributed by atoms with van der Waals surface area (Å²) in [6.45, 7) is 0. The molecule has 0 N–H and O–H groups in total. The molecule has 0 fully saturated rings. The summed E-state index contributed by atoms with van der Waals surface area (Å²) in [6, 6.07) is 80.7. The molecule has 8 aromatic rings. The first-order valence-electron chi connectivity index (χ1n) is 23.4. The Balaban J connectivity index is 0.000000258. The fourth-order valence-corrected chi connectivity index (χ4v) is 16.4. The number of carbonyl (C=O) groups excluding carboxylic acids is 4. The second-order valence-corrected chi connectivity index (χ2v) is 25.1. The quantitative estimate of drug-likeness (QED) is 0.0760. The maximum absolute atomic E-state index is 10.7. The fourth-order valence-electron chi connectivity index (χ4n) is 7.30. The van der Waals surface area contributed by atoms with Crippen LogP contribution in [0.25, 0.3) is 0 Å². The first-order chi connectivity index (χ1) is 35.1. The van der Waals surface area contributed by atoms with Gasteiger partial charge in [-0.3, -0.25) is 0 Å². The molecule has 0 unspecified atom stereocenters. The van der Waals surface area contributed by atoms with Gasteiger partial charge in [0.05, 0.1) is 0 Å². The molecule has 0 amide bonds. The molecule has 74 heavy (non-hydrogen) atoms. The molecular formula is C60H56Mo2O8P4. The van der Waals surface area contributed by atoms with Crippen LogP contribution in [0.5, 0.6) is 0 Å². The van der Waals surface area contributed by atoms with Crippen molar-refractivity contribution in [2.75, 3.05) is 24.6 Å². The van der Waals surface area contributed by atoms with Crippen molar-refractivity contribution in [3.63, 3.8) is 0 Å². The third kappa shape index (κ3) is 23.5. The molecule has 0 aliphatic rings. The summed E-state index contributed by atoms with van der Waals surface area (Å²) in [5.41, 5.74) is 0. The zero-order chi connectivity index (χ0) is 51.2. The van der Waals surface area contributed by atoms with Gasteiger partial charge in [-0.2, -0.15) is 0 Å². The monoisotopic (exact) mass is 1220 g/mol. The van der Waals surface area contributed by atoms with Crippen LogP contribution < -0.4 is 62.9 Å². The van der Waals surface area contributed by atoms with E-state index in [4.69, 9.17) is 0 Å². The van der Waals surface area contributed by atoms with Crippen LogP contribution in [0.1, 0.15) is 25.7 Å². The number of aliphatic carboxylic acids is 4. The van der Waals surface area contributed by atoms with E-state index < -0.39 is 55.6 Å². The minimum Gasteiger partial charge on any atom is -0.550 e. The summed E-state index contributed by atoms with van der Waals surface area (Å²) in [7, 11) is -2.42. The molecular weight excluding hydrogens is 1160 g/mol. The Bertz CT molecular complexity index is 2230. The molecule has 8 rings (SSSR count). The summed E-state index contributed by atoms with van der Waals surface area (Å²) >= 11 is 0. The van der Waals surface area contributed by atoms with Crippen LogP contribution in [0.2, 0.25) is 0 Å². The second kappa shape index (κ2) is 36.6. The molecule has 0 radical (unpaired) electrons. The SMILES string of the molecule is O=C([O-])CCP(c1ccccc1)c1ccccc1.O=C([O-])CCP(c1ccccc1)c1ccccc1.O=C([O-])CCP(c1ccccc1)c1ccccc1.O=C([O-])CCP(c1ccccc1)c1ccccc1.[Mo+2].[Mo+2]. The Morgan fingerprint density at radius 1 is 0.230 bits per heavy atom. The van der Waals surface area contributed by atoms with Gasteiger partial charge in [-0.05, 0) is 124 Å². The molecule has 0 heterocycles. The molecule has 0 aromatic heterocycles. The number of benzene rings is 8. The van der Waals surface area contributed by atoms with E-state index in [1.165, 1.54) is 42.4 Å². The number of carbonyl (C=O) groups is 4. The second-order valence-electron chi connectivity index (χ2n) is 15.8. The topological polar surface area (TPSA) is 161 Å². The predicted molar refractivity (Wildman–Crippen MR) is 294 cm³/mol. The fraction of sp³-hybridized carbons (Fsp3) is 0.133. The van der Waals surface area contributed by atoms with E-state index in [-0.39, 0.29) is 67.8 Å². The van der Waals surface area contributed by atoms with Gasteiger partial charge in [0.2, 0.25) is 0 Å². The third-order valence-electron chi connectivity index (χ3n) is 10.7. The van der Waals surface area contributed by atoms with E-state index in [0.29, 0.717) is 24.6 Å². The molecule has 376 valence electrons. The summed E-state index contributed by atoms with van der Waals surface area (Å²) < 4.78 is 0. The summed E-state index contributed by atoms with van der Waals surface area (Å²) in [5.74, 6) is -3.91. The number of carboxylic acids is 4. The van der Waals surface area contributed by atoms with Gasteiger partial charge in [0.25, 0.3) is 0 Å². The van der Waals surface area contributed by atoms with Gasteiger partial charge in [-0.15, -0.1) is 0 Å². The van der Waals surface area contributed by atoms with Crippen molar-refractivity contribution in [3.8, 4) is 0 Å². The third-order valence-corrected chi connectivity index (χ3v) is 20.8. The van der Waals surface area contributed by atoms with Gasteiger partial charge in [0.15, 0.2) is 0 Å². The van der Waals surface area contributed by atoms with E-state index in [9.17, 15) is 39.6 Å². The minimum atomic E-state index is -0.977. The number of hydrogen-bond donors (Lipinski definition) is 0. The van der Waals surface area contributed by atoms with Crippen molar-refractivity contribution < 1.29 is 81.7 Å². The van der Waals surface area contributed by atoms with Gasteiger partial charge in [0, 0.05) is 23.9 Å². The molecule has 14 heteroatoms. The van der Waals surface area contributed by atoms with Crippen LogP contribution in [-0.4, -0.2) is 48.5 Å². The van der Waals surface area contributed by atoms with Crippen molar-refractivity contribution in [2.24, 2.45) is 0 Å². The van der Waals surface area contributed by atoms with Gasteiger partial charge < -0.3 is 39.6 Å². The average molecular weight is 1220 g/mol. The Kier molecular flexibility index (Phi) is 31.2. The Hall–Kier alpha value is -5.26. The molecule has 0 bridgehead atoms. The molecule has 0 atom stereocenters. The van der Waals surface area contributed by atoms with Crippen molar-refractivity contribution in [1.82, 2.24) is 0 Å². The van der Waals surface area contributed by atoms with Gasteiger partial charge >= 0.3 is 42.1 Å². The van der Waals surface area contributed by atoms with Crippen molar-refractivity contribution in [1.29, 1.82) is 0 Å². The van der Waals surface area contributed by atoms with E-state index in [2.05, 4.69) is 97.1 Å². The van der Waals surface area contributed by atoms with E-state index >= 15 is 0 Å². The number of rotatable bonds is 20. The molecule has 0 saturated heterocycles. The standard InChI is InChI=1S/4C15H15O2P.2Mo/c4*16-15(17)11-12-18(13-7-3-1-4-8-13)14-9-5-2-6-10-14;;/h4*1-10H,11-12H2,(H,16,17);;/q;;;;2*+2/p-4.